The Kier molecular flexibility index (Phi) is 8.01. The molecule has 0 unspecified atom stereocenters. The molecule has 1 heterocycles. The van der Waals surface area contributed by atoms with Gasteiger partial charge in [0.25, 0.3) is 10.0 Å². The Balaban J connectivity index is 2.88. The van der Waals surface area contributed by atoms with Crippen LogP contribution in [0.1, 0.15) is 4.88 Å². The van der Waals surface area contributed by atoms with E-state index in [1.165, 1.54) is 15.6 Å². The Bertz CT molecular complexity index is 481. The Labute approximate surface area is 129 Å². The van der Waals surface area contributed by atoms with Crippen LogP contribution in [0, 0.1) is 0 Å². The molecular formula is C12H20ClNO4S2. The Morgan fingerprint density at radius 2 is 1.80 bits per heavy atom. The van der Waals surface area contributed by atoms with Crippen LogP contribution in [-0.2, 0) is 25.9 Å². The zero-order valence-corrected chi connectivity index (χ0v) is 14.1. The highest BCUT2D eigenvalue weighted by Crippen LogP contribution is 2.25. The zero-order chi connectivity index (χ0) is 15.0. The van der Waals surface area contributed by atoms with Gasteiger partial charge in [-0.15, -0.1) is 22.9 Å². The van der Waals surface area contributed by atoms with Crippen molar-refractivity contribution in [1.29, 1.82) is 0 Å². The largest absolute Gasteiger partial charge is 0.383 e. The summed E-state index contributed by atoms with van der Waals surface area (Å²) in [6.07, 6.45) is 0.678. The van der Waals surface area contributed by atoms with Crippen LogP contribution in [-0.4, -0.2) is 59.1 Å². The van der Waals surface area contributed by atoms with E-state index in [9.17, 15) is 8.42 Å². The van der Waals surface area contributed by atoms with Gasteiger partial charge in [0.2, 0.25) is 0 Å². The van der Waals surface area contributed by atoms with E-state index < -0.39 is 10.0 Å². The van der Waals surface area contributed by atoms with E-state index in [2.05, 4.69) is 0 Å². The van der Waals surface area contributed by atoms with Crippen molar-refractivity contribution in [3.8, 4) is 0 Å². The van der Waals surface area contributed by atoms with Crippen LogP contribution in [0.5, 0.6) is 0 Å². The average molecular weight is 342 g/mol. The second-order valence-electron chi connectivity index (χ2n) is 4.05. The quantitative estimate of drug-likeness (QED) is 0.609. The van der Waals surface area contributed by atoms with Crippen molar-refractivity contribution in [1.82, 2.24) is 4.31 Å². The molecule has 0 spiro atoms. The molecule has 8 heteroatoms. The molecule has 1 rings (SSSR count). The van der Waals surface area contributed by atoms with E-state index in [0.29, 0.717) is 42.8 Å². The normalized spacial score (nSPS) is 12.2. The second kappa shape index (κ2) is 8.96. The minimum Gasteiger partial charge on any atom is -0.383 e. The van der Waals surface area contributed by atoms with Gasteiger partial charge >= 0.3 is 0 Å². The summed E-state index contributed by atoms with van der Waals surface area (Å²) in [7, 11) is -0.401. The third-order valence-electron chi connectivity index (χ3n) is 2.66. The molecule has 20 heavy (non-hydrogen) atoms. The fraction of sp³-hybridized carbons (Fsp3) is 0.667. The molecule has 0 aliphatic rings. The predicted molar refractivity (Wildman–Crippen MR) is 81.3 cm³/mol. The average Bonchev–Trinajstić information content (AvgIpc) is 2.88. The van der Waals surface area contributed by atoms with E-state index in [-0.39, 0.29) is 0 Å². The molecule has 0 aromatic carbocycles. The molecule has 0 saturated carbocycles. The van der Waals surface area contributed by atoms with Gasteiger partial charge in [0.1, 0.15) is 4.21 Å². The Morgan fingerprint density at radius 3 is 2.30 bits per heavy atom. The van der Waals surface area contributed by atoms with Gasteiger partial charge in [0, 0.05) is 38.1 Å². The highest BCUT2D eigenvalue weighted by atomic mass is 35.5. The molecule has 0 bridgehead atoms. The summed E-state index contributed by atoms with van der Waals surface area (Å²) in [5, 5.41) is 0. The summed E-state index contributed by atoms with van der Waals surface area (Å²) in [6.45, 7) is 1.32. The number of aryl methyl sites for hydroxylation is 1. The number of hydrogen-bond donors (Lipinski definition) is 0. The SMILES string of the molecule is COCCN(CCOC)S(=O)(=O)c1ccc(CCCl)s1. The van der Waals surface area contributed by atoms with Gasteiger partial charge in [-0.3, -0.25) is 0 Å². The molecule has 0 radical (unpaired) electrons. The van der Waals surface area contributed by atoms with Crippen LogP contribution in [0.3, 0.4) is 0 Å². The first-order valence-corrected chi connectivity index (χ1v) is 8.98. The fourth-order valence-electron chi connectivity index (χ4n) is 1.59. The minimum atomic E-state index is -3.49. The second-order valence-corrected chi connectivity index (χ2v) is 7.76. The maximum absolute atomic E-state index is 12.6. The molecule has 1 aromatic heterocycles. The van der Waals surface area contributed by atoms with Crippen LogP contribution in [0.25, 0.3) is 0 Å². The van der Waals surface area contributed by atoms with Crippen molar-refractivity contribution < 1.29 is 17.9 Å². The van der Waals surface area contributed by atoms with E-state index in [1.807, 2.05) is 6.07 Å². The Morgan fingerprint density at radius 1 is 1.20 bits per heavy atom. The van der Waals surface area contributed by atoms with Crippen LogP contribution in [0.2, 0.25) is 0 Å². The smallest absolute Gasteiger partial charge is 0.252 e. The lowest BCUT2D eigenvalue weighted by Gasteiger charge is -2.20. The van der Waals surface area contributed by atoms with Crippen molar-refractivity contribution in [3.05, 3.63) is 17.0 Å². The number of halogens is 1. The number of nitrogens with zero attached hydrogens (tertiary/aromatic N) is 1. The maximum atomic E-state index is 12.6. The van der Waals surface area contributed by atoms with Crippen LogP contribution < -0.4 is 0 Å². The summed E-state index contributed by atoms with van der Waals surface area (Å²) < 4.78 is 36.8. The van der Waals surface area contributed by atoms with Crippen molar-refractivity contribution in [2.45, 2.75) is 10.6 Å². The van der Waals surface area contributed by atoms with Crippen LogP contribution >= 0.6 is 22.9 Å². The highest BCUT2D eigenvalue weighted by molar-refractivity contribution is 7.91. The number of alkyl halides is 1. The molecule has 0 amide bonds. The first-order valence-electron chi connectivity index (χ1n) is 6.19. The molecule has 0 N–H and O–H groups in total. The number of methoxy groups -OCH3 is 2. The van der Waals surface area contributed by atoms with Crippen LogP contribution in [0.4, 0.5) is 0 Å². The number of sulfonamides is 1. The van der Waals surface area contributed by atoms with E-state index in [0.717, 1.165) is 4.88 Å². The highest BCUT2D eigenvalue weighted by Gasteiger charge is 2.25. The predicted octanol–water partition coefficient (Wildman–Crippen LogP) is 1.81. The topological polar surface area (TPSA) is 55.8 Å². The molecule has 0 saturated heterocycles. The monoisotopic (exact) mass is 341 g/mol. The minimum absolute atomic E-state index is 0.310. The number of rotatable bonds is 10. The molecule has 116 valence electrons. The van der Waals surface area contributed by atoms with Crippen molar-refractivity contribution >= 4 is 33.0 Å². The van der Waals surface area contributed by atoms with Crippen LogP contribution in [0.15, 0.2) is 16.3 Å². The van der Waals surface area contributed by atoms with Crippen molar-refractivity contribution in [3.63, 3.8) is 0 Å². The fourth-order valence-corrected chi connectivity index (χ4v) is 4.82. The van der Waals surface area contributed by atoms with E-state index in [4.69, 9.17) is 21.1 Å². The van der Waals surface area contributed by atoms with E-state index in [1.54, 1.807) is 20.3 Å². The molecule has 1 aromatic rings. The van der Waals surface area contributed by atoms with Gasteiger partial charge < -0.3 is 9.47 Å². The summed E-state index contributed by atoms with van der Waals surface area (Å²) in [5.74, 6) is 0.483. The summed E-state index contributed by atoms with van der Waals surface area (Å²) in [4.78, 5) is 0.969. The van der Waals surface area contributed by atoms with Gasteiger partial charge in [0.05, 0.1) is 13.2 Å². The van der Waals surface area contributed by atoms with Crippen molar-refractivity contribution in [2.75, 3.05) is 46.4 Å². The van der Waals surface area contributed by atoms with Gasteiger partial charge in [-0.1, -0.05) is 0 Å². The zero-order valence-electron chi connectivity index (χ0n) is 11.7. The standard InChI is InChI=1S/C12H20ClNO4S2/c1-17-9-7-14(8-10-18-2)20(15,16)12-4-3-11(19-12)5-6-13/h3-4H,5-10H2,1-2H3. The lowest BCUT2D eigenvalue weighted by atomic mass is 10.4. The lowest BCUT2D eigenvalue weighted by Crippen LogP contribution is -2.36. The maximum Gasteiger partial charge on any atom is 0.252 e. The summed E-state index contributed by atoms with van der Waals surface area (Å²) in [6, 6.07) is 3.44. The summed E-state index contributed by atoms with van der Waals surface area (Å²) >= 11 is 6.94. The molecular weight excluding hydrogens is 322 g/mol. The van der Waals surface area contributed by atoms with Gasteiger partial charge in [-0.2, -0.15) is 4.31 Å². The van der Waals surface area contributed by atoms with Gasteiger partial charge in [-0.05, 0) is 18.6 Å². The lowest BCUT2D eigenvalue weighted by molar-refractivity contribution is 0.150. The number of hydrogen-bond acceptors (Lipinski definition) is 5. The first kappa shape index (κ1) is 17.9. The van der Waals surface area contributed by atoms with E-state index >= 15 is 0 Å². The van der Waals surface area contributed by atoms with Crippen molar-refractivity contribution in [2.24, 2.45) is 0 Å². The molecule has 0 atom stereocenters. The molecule has 5 nitrogen and oxygen atoms in total. The molecule has 0 fully saturated rings. The third kappa shape index (κ3) is 4.98. The van der Waals surface area contributed by atoms with Gasteiger partial charge in [0.15, 0.2) is 0 Å². The first-order chi connectivity index (χ1) is 9.56. The number of ether oxygens (including phenoxy) is 2. The molecule has 0 aliphatic heterocycles. The van der Waals surface area contributed by atoms with Gasteiger partial charge in [-0.25, -0.2) is 8.42 Å². The third-order valence-corrected chi connectivity index (χ3v) is 6.36. The Hall–Kier alpha value is -0.180. The summed E-state index contributed by atoms with van der Waals surface area (Å²) in [5.41, 5.74) is 0. The molecule has 0 aliphatic carbocycles. The number of thiophene rings is 1.